The Hall–Kier alpha value is -4.36. The Kier molecular flexibility index (Phi) is 3.84. The van der Waals surface area contributed by atoms with Gasteiger partial charge in [-0.15, -0.1) is 0 Å². The number of hydrogen-bond donors (Lipinski definition) is 0. The van der Waals surface area contributed by atoms with Crippen LogP contribution >= 0.6 is 0 Å². The van der Waals surface area contributed by atoms with Gasteiger partial charge in [0.2, 0.25) is 0 Å². The molecule has 1 nitrogen and oxygen atoms in total. The first-order chi connectivity index (χ1) is 17.4. The fourth-order valence-corrected chi connectivity index (χ4v) is 6.32. The summed E-state index contributed by atoms with van der Waals surface area (Å²) in [6, 6.07) is 40.1. The summed E-state index contributed by atoms with van der Waals surface area (Å²) in [6.07, 6.45) is 4.67. The van der Waals surface area contributed by atoms with E-state index < -0.39 is 0 Å². The first-order valence-electron chi connectivity index (χ1n) is 12.4. The molecule has 6 aromatic rings. The Morgan fingerprint density at radius 2 is 1.29 bits per heavy atom. The zero-order valence-electron chi connectivity index (χ0n) is 19.3. The van der Waals surface area contributed by atoms with Crippen molar-refractivity contribution in [3.05, 3.63) is 132 Å². The van der Waals surface area contributed by atoms with Gasteiger partial charge < -0.3 is 4.57 Å². The second kappa shape index (κ2) is 7.07. The van der Waals surface area contributed by atoms with Crippen LogP contribution in [0.2, 0.25) is 0 Å². The molecule has 0 radical (unpaired) electrons. The molecule has 0 unspecified atom stereocenters. The van der Waals surface area contributed by atoms with Crippen LogP contribution < -0.4 is 0 Å². The predicted octanol–water partition coefficient (Wildman–Crippen LogP) is 8.81. The largest absolute Gasteiger partial charge is 0.309 e. The van der Waals surface area contributed by atoms with Crippen molar-refractivity contribution in [3.8, 4) is 27.9 Å². The molecule has 1 aromatic heterocycles. The van der Waals surface area contributed by atoms with Crippen molar-refractivity contribution < 1.29 is 0 Å². The maximum absolute atomic E-state index is 2.47. The molecule has 0 saturated heterocycles. The van der Waals surface area contributed by atoms with Gasteiger partial charge in [-0.2, -0.15) is 0 Å². The SMILES string of the molecule is C1=C2c3ccccc3-c3cc(-c4ccccc4)cc4c3c3c2c(ccc3n4-c2ccccc2)CC1. The van der Waals surface area contributed by atoms with Gasteiger partial charge in [-0.1, -0.05) is 84.9 Å². The van der Waals surface area contributed by atoms with Gasteiger partial charge in [0.15, 0.2) is 0 Å². The van der Waals surface area contributed by atoms with E-state index in [9.17, 15) is 0 Å². The molecule has 5 aromatic carbocycles. The minimum Gasteiger partial charge on any atom is -0.309 e. The number of nitrogens with zero attached hydrogens (tertiary/aromatic N) is 1. The number of hydrogen-bond acceptors (Lipinski definition) is 0. The molecule has 0 fully saturated rings. The summed E-state index contributed by atoms with van der Waals surface area (Å²) in [4.78, 5) is 0. The minimum absolute atomic E-state index is 1.09. The van der Waals surface area contributed by atoms with Crippen LogP contribution in [-0.4, -0.2) is 4.57 Å². The number of benzene rings is 5. The first kappa shape index (κ1) is 19.0. The Bertz CT molecular complexity index is 1820. The highest BCUT2D eigenvalue weighted by molar-refractivity contribution is 6.24. The molecule has 0 saturated carbocycles. The van der Waals surface area contributed by atoms with Crippen molar-refractivity contribution in [2.45, 2.75) is 12.8 Å². The van der Waals surface area contributed by atoms with Crippen LogP contribution in [0.15, 0.2) is 115 Å². The van der Waals surface area contributed by atoms with E-state index in [0.29, 0.717) is 0 Å². The van der Waals surface area contributed by atoms with Crippen LogP contribution in [0.25, 0.3) is 55.3 Å². The lowest BCUT2D eigenvalue weighted by Crippen LogP contribution is -2.03. The van der Waals surface area contributed by atoms with Crippen molar-refractivity contribution in [2.75, 3.05) is 0 Å². The highest BCUT2D eigenvalue weighted by Crippen LogP contribution is 2.51. The fraction of sp³-hybridized carbons (Fsp3) is 0.0588. The van der Waals surface area contributed by atoms with Gasteiger partial charge in [0.05, 0.1) is 11.0 Å². The molecule has 0 amide bonds. The maximum Gasteiger partial charge on any atom is 0.0553 e. The number of aryl methyl sites for hydroxylation is 1. The summed E-state index contributed by atoms with van der Waals surface area (Å²) in [5.74, 6) is 0. The van der Waals surface area contributed by atoms with Gasteiger partial charge in [-0.3, -0.25) is 0 Å². The second-order valence-electron chi connectivity index (χ2n) is 9.65. The van der Waals surface area contributed by atoms with Crippen LogP contribution in [0, 0.1) is 0 Å². The summed E-state index contributed by atoms with van der Waals surface area (Å²) < 4.78 is 2.47. The Morgan fingerprint density at radius 3 is 2.11 bits per heavy atom. The van der Waals surface area contributed by atoms with Crippen molar-refractivity contribution in [1.29, 1.82) is 0 Å². The smallest absolute Gasteiger partial charge is 0.0553 e. The molecular formula is C34H23N. The standard InChI is InChI=1S/C34H23N/c1-3-10-22(11-4-1)24-20-29-27-16-8-7-15-26(27)28-17-9-12-23-18-19-30-34(32(23)28)33(29)31(21-24)35(30)25-13-5-2-6-14-25/h1-8,10-11,13-21H,9,12H2. The maximum atomic E-state index is 2.47. The normalized spacial score (nSPS) is 13.7. The summed E-state index contributed by atoms with van der Waals surface area (Å²) in [5, 5.41) is 2.77. The number of allylic oxidation sites excluding steroid dienone is 1. The third-order valence-corrected chi connectivity index (χ3v) is 7.78. The summed E-state index contributed by atoms with van der Waals surface area (Å²) in [6.45, 7) is 0. The van der Waals surface area contributed by atoms with E-state index in [-0.39, 0.29) is 0 Å². The van der Waals surface area contributed by atoms with Gasteiger partial charge in [-0.25, -0.2) is 0 Å². The van der Waals surface area contributed by atoms with Crippen molar-refractivity contribution in [1.82, 2.24) is 4.57 Å². The molecule has 8 rings (SSSR count). The molecule has 164 valence electrons. The molecule has 1 heterocycles. The van der Waals surface area contributed by atoms with Gasteiger partial charge in [0, 0.05) is 16.5 Å². The number of aromatic nitrogens is 1. The minimum atomic E-state index is 1.09. The van der Waals surface area contributed by atoms with Crippen LogP contribution in [0.4, 0.5) is 0 Å². The van der Waals surface area contributed by atoms with Crippen LogP contribution in [0.1, 0.15) is 23.1 Å². The number of fused-ring (bicyclic) bond motifs is 3. The van der Waals surface area contributed by atoms with E-state index in [4.69, 9.17) is 0 Å². The quantitative estimate of drug-likeness (QED) is 0.250. The number of rotatable bonds is 2. The molecule has 0 aliphatic heterocycles. The number of para-hydroxylation sites is 1. The van der Waals surface area contributed by atoms with Crippen molar-refractivity contribution in [2.24, 2.45) is 0 Å². The Labute approximate surface area is 204 Å². The lowest BCUT2D eigenvalue weighted by atomic mass is 9.84. The van der Waals surface area contributed by atoms with E-state index in [1.54, 1.807) is 0 Å². The van der Waals surface area contributed by atoms with Crippen LogP contribution in [0.5, 0.6) is 0 Å². The van der Waals surface area contributed by atoms with Gasteiger partial charge in [-0.05, 0) is 87.7 Å². The van der Waals surface area contributed by atoms with Crippen LogP contribution in [-0.2, 0) is 6.42 Å². The van der Waals surface area contributed by atoms with E-state index in [0.717, 1.165) is 12.8 Å². The zero-order valence-corrected chi connectivity index (χ0v) is 19.3. The predicted molar refractivity (Wildman–Crippen MR) is 147 cm³/mol. The molecule has 1 heteroatoms. The fourth-order valence-electron chi connectivity index (χ4n) is 6.32. The zero-order chi connectivity index (χ0) is 22.9. The van der Waals surface area contributed by atoms with Gasteiger partial charge in [0.25, 0.3) is 0 Å². The first-order valence-corrected chi connectivity index (χ1v) is 12.4. The topological polar surface area (TPSA) is 4.93 Å². The highest BCUT2D eigenvalue weighted by Gasteiger charge is 2.29. The third-order valence-electron chi connectivity index (χ3n) is 7.78. The molecule has 35 heavy (non-hydrogen) atoms. The Balaban J connectivity index is 1.65. The van der Waals surface area contributed by atoms with E-state index in [1.807, 2.05) is 0 Å². The molecule has 0 N–H and O–H groups in total. The van der Waals surface area contributed by atoms with Gasteiger partial charge >= 0.3 is 0 Å². The van der Waals surface area contributed by atoms with Crippen LogP contribution in [0.3, 0.4) is 0 Å². The second-order valence-corrected chi connectivity index (χ2v) is 9.65. The van der Waals surface area contributed by atoms with E-state index in [1.165, 1.54) is 72.0 Å². The average Bonchev–Trinajstić information content (AvgIpc) is 3.21. The monoisotopic (exact) mass is 445 g/mol. The lowest BCUT2D eigenvalue weighted by Gasteiger charge is -2.20. The molecule has 0 bridgehead atoms. The van der Waals surface area contributed by atoms with Gasteiger partial charge in [0.1, 0.15) is 0 Å². The molecule has 0 spiro atoms. The molecule has 2 aliphatic rings. The van der Waals surface area contributed by atoms with E-state index >= 15 is 0 Å². The van der Waals surface area contributed by atoms with Crippen molar-refractivity contribution in [3.63, 3.8) is 0 Å². The highest BCUT2D eigenvalue weighted by atomic mass is 15.0. The third kappa shape index (κ3) is 2.58. The lowest BCUT2D eigenvalue weighted by molar-refractivity contribution is 0.982. The van der Waals surface area contributed by atoms with E-state index in [2.05, 4.69) is 120 Å². The summed E-state index contributed by atoms with van der Waals surface area (Å²) >= 11 is 0. The Morgan fingerprint density at radius 1 is 0.543 bits per heavy atom. The summed E-state index contributed by atoms with van der Waals surface area (Å²) in [7, 11) is 0. The van der Waals surface area contributed by atoms with Crippen molar-refractivity contribution >= 4 is 27.4 Å². The molecule has 2 aliphatic carbocycles. The average molecular weight is 446 g/mol. The summed E-state index contributed by atoms with van der Waals surface area (Å²) in [5.41, 5.74) is 14.6. The molecule has 0 atom stereocenters. The molecular weight excluding hydrogens is 422 g/mol.